The van der Waals surface area contributed by atoms with Crippen LogP contribution in [-0.4, -0.2) is 46.7 Å². The van der Waals surface area contributed by atoms with Crippen molar-refractivity contribution in [1.82, 2.24) is 10.2 Å². The minimum absolute atomic E-state index is 0.165. The summed E-state index contributed by atoms with van der Waals surface area (Å²) in [5.74, 6) is -0.162. The summed E-state index contributed by atoms with van der Waals surface area (Å²) in [7, 11) is 0. The van der Waals surface area contributed by atoms with Gasteiger partial charge in [0.15, 0.2) is 0 Å². The average Bonchev–Trinajstić information content (AvgIpc) is 2.35. The minimum atomic E-state index is -0.852. The molecule has 0 aliphatic heterocycles. The molecule has 0 fully saturated rings. The maximum Gasteiger partial charge on any atom is 0.323 e. The molecule has 0 aromatic carbocycles. The predicted octanol–water partition coefficient (Wildman–Crippen LogP) is 3.36. The molecule has 0 radical (unpaired) electrons. The van der Waals surface area contributed by atoms with E-state index in [0.29, 0.717) is 18.4 Å². The van der Waals surface area contributed by atoms with Crippen molar-refractivity contribution in [2.75, 3.05) is 13.1 Å². The number of aliphatic carboxylic acids is 1. The van der Waals surface area contributed by atoms with E-state index in [9.17, 15) is 9.90 Å². The monoisotopic (exact) mass is 300 g/mol. The van der Waals surface area contributed by atoms with Crippen LogP contribution in [0, 0.1) is 5.92 Å². The Balaban J connectivity index is 4.86. The van der Waals surface area contributed by atoms with E-state index in [1.165, 1.54) is 0 Å². The van der Waals surface area contributed by atoms with Gasteiger partial charge in [-0.05, 0) is 46.0 Å². The first-order chi connectivity index (χ1) is 9.66. The Bertz CT molecular complexity index is 301. The van der Waals surface area contributed by atoms with Gasteiger partial charge in [0.25, 0.3) is 0 Å². The molecular formula is C17H36N2O2. The van der Waals surface area contributed by atoms with Crippen molar-refractivity contribution in [1.29, 1.82) is 0 Å². The van der Waals surface area contributed by atoms with E-state index >= 15 is 0 Å². The Hall–Kier alpha value is -0.610. The number of nitrogens with one attached hydrogen (secondary N) is 1. The molecule has 1 atom stereocenters. The fraction of sp³-hybridized carbons (Fsp3) is 0.941. The quantitative estimate of drug-likeness (QED) is 0.614. The molecule has 0 amide bonds. The summed E-state index contributed by atoms with van der Waals surface area (Å²) in [6, 6.07) is 0.710. The maximum atomic E-state index is 11.6. The molecule has 1 unspecified atom stereocenters. The van der Waals surface area contributed by atoms with E-state index in [2.05, 4.69) is 37.9 Å². The van der Waals surface area contributed by atoms with Gasteiger partial charge in [0.2, 0.25) is 0 Å². The first-order valence-corrected chi connectivity index (χ1v) is 8.41. The number of carbonyl (C=O) groups is 1. The number of hydrogen-bond donors (Lipinski definition) is 2. The Labute approximate surface area is 131 Å². The summed E-state index contributed by atoms with van der Waals surface area (Å²) in [4.78, 5) is 14.1. The Morgan fingerprint density at radius 2 is 1.71 bits per heavy atom. The molecule has 0 aliphatic carbocycles. The van der Waals surface area contributed by atoms with Crippen LogP contribution in [0.3, 0.4) is 0 Å². The van der Waals surface area contributed by atoms with Crippen LogP contribution in [0.15, 0.2) is 0 Å². The van der Waals surface area contributed by atoms with Gasteiger partial charge < -0.3 is 10.0 Å². The van der Waals surface area contributed by atoms with E-state index in [0.717, 1.165) is 25.9 Å². The van der Waals surface area contributed by atoms with Gasteiger partial charge in [0.1, 0.15) is 5.54 Å². The molecule has 0 aromatic heterocycles. The zero-order valence-corrected chi connectivity index (χ0v) is 15.1. The van der Waals surface area contributed by atoms with Crippen LogP contribution < -0.4 is 5.32 Å². The summed E-state index contributed by atoms with van der Waals surface area (Å²) < 4.78 is 0. The highest BCUT2D eigenvalue weighted by Gasteiger charge is 2.34. The molecule has 21 heavy (non-hydrogen) atoms. The van der Waals surface area contributed by atoms with Crippen LogP contribution in [0.25, 0.3) is 0 Å². The van der Waals surface area contributed by atoms with Crippen molar-refractivity contribution in [2.24, 2.45) is 5.92 Å². The van der Waals surface area contributed by atoms with Gasteiger partial charge in [-0.15, -0.1) is 0 Å². The second kappa shape index (κ2) is 9.42. The Kier molecular flexibility index (Phi) is 9.14. The van der Waals surface area contributed by atoms with Gasteiger partial charge in [0, 0.05) is 25.2 Å². The molecule has 0 heterocycles. The molecule has 126 valence electrons. The second-order valence-electron chi connectivity index (χ2n) is 7.05. The summed E-state index contributed by atoms with van der Waals surface area (Å²) >= 11 is 0. The van der Waals surface area contributed by atoms with Crippen LogP contribution in [0.2, 0.25) is 0 Å². The van der Waals surface area contributed by atoms with Gasteiger partial charge in [0.05, 0.1) is 0 Å². The standard InChI is InChI=1S/C17H36N2O2/c1-8-15(9-2)19(12-13(3)4)11-10-17(7,16(20)21)18-14(5)6/h13-15,18H,8-12H2,1-7H3,(H,20,21). The molecule has 0 spiro atoms. The number of nitrogens with zero attached hydrogens (tertiary/aromatic N) is 1. The van der Waals surface area contributed by atoms with Gasteiger partial charge in [-0.25, -0.2) is 0 Å². The number of carboxylic acid groups (broad SMARTS) is 1. The van der Waals surface area contributed by atoms with E-state index in [1.54, 1.807) is 6.92 Å². The zero-order chi connectivity index (χ0) is 16.6. The molecule has 2 N–H and O–H groups in total. The molecular weight excluding hydrogens is 264 g/mol. The van der Waals surface area contributed by atoms with Gasteiger partial charge in [-0.3, -0.25) is 10.1 Å². The SMILES string of the molecule is CCC(CC)N(CCC(C)(NC(C)C)C(=O)O)CC(C)C. The fourth-order valence-electron chi connectivity index (χ4n) is 2.94. The van der Waals surface area contributed by atoms with E-state index in [-0.39, 0.29) is 6.04 Å². The normalized spacial score (nSPS) is 15.2. The Morgan fingerprint density at radius 3 is 2.05 bits per heavy atom. The van der Waals surface area contributed by atoms with E-state index in [4.69, 9.17) is 0 Å². The third-order valence-corrected chi connectivity index (χ3v) is 4.04. The highest BCUT2D eigenvalue weighted by Crippen LogP contribution is 2.17. The predicted molar refractivity (Wildman–Crippen MR) is 89.7 cm³/mol. The van der Waals surface area contributed by atoms with Crippen LogP contribution in [0.1, 0.15) is 67.7 Å². The molecule has 0 aliphatic rings. The average molecular weight is 300 g/mol. The molecule has 0 saturated carbocycles. The molecule has 4 nitrogen and oxygen atoms in total. The lowest BCUT2D eigenvalue weighted by atomic mass is 9.95. The lowest BCUT2D eigenvalue weighted by molar-refractivity contribution is -0.145. The largest absolute Gasteiger partial charge is 0.480 e. The molecule has 0 rings (SSSR count). The lowest BCUT2D eigenvalue weighted by Crippen LogP contribution is -2.54. The number of carboxylic acids is 1. The molecule has 0 saturated heterocycles. The summed E-state index contributed by atoms with van der Waals surface area (Å²) in [5.41, 5.74) is -0.852. The van der Waals surface area contributed by atoms with Crippen LogP contribution in [-0.2, 0) is 4.79 Å². The van der Waals surface area contributed by atoms with Gasteiger partial charge in [-0.1, -0.05) is 27.7 Å². The molecule has 0 bridgehead atoms. The van der Waals surface area contributed by atoms with Crippen molar-refractivity contribution in [3.63, 3.8) is 0 Å². The van der Waals surface area contributed by atoms with Crippen molar-refractivity contribution >= 4 is 5.97 Å². The first-order valence-electron chi connectivity index (χ1n) is 8.41. The van der Waals surface area contributed by atoms with Gasteiger partial charge >= 0.3 is 5.97 Å². The van der Waals surface area contributed by atoms with Crippen LogP contribution in [0.5, 0.6) is 0 Å². The smallest absolute Gasteiger partial charge is 0.323 e. The van der Waals surface area contributed by atoms with Crippen molar-refractivity contribution in [3.8, 4) is 0 Å². The minimum Gasteiger partial charge on any atom is -0.480 e. The van der Waals surface area contributed by atoms with E-state index in [1.807, 2.05) is 13.8 Å². The van der Waals surface area contributed by atoms with Crippen LogP contribution in [0.4, 0.5) is 0 Å². The molecule has 0 aromatic rings. The zero-order valence-electron chi connectivity index (χ0n) is 15.1. The van der Waals surface area contributed by atoms with Crippen LogP contribution >= 0.6 is 0 Å². The summed E-state index contributed by atoms with van der Waals surface area (Å²) in [6.45, 7) is 16.5. The van der Waals surface area contributed by atoms with Gasteiger partial charge in [-0.2, -0.15) is 0 Å². The number of rotatable bonds is 11. The van der Waals surface area contributed by atoms with Crippen molar-refractivity contribution in [2.45, 2.75) is 85.4 Å². The Morgan fingerprint density at radius 1 is 1.19 bits per heavy atom. The fourth-order valence-corrected chi connectivity index (χ4v) is 2.94. The molecule has 4 heteroatoms. The number of hydrogen-bond acceptors (Lipinski definition) is 3. The lowest BCUT2D eigenvalue weighted by Gasteiger charge is -2.36. The topological polar surface area (TPSA) is 52.6 Å². The second-order valence-corrected chi connectivity index (χ2v) is 7.05. The third kappa shape index (κ3) is 7.28. The summed E-state index contributed by atoms with van der Waals surface area (Å²) in [5, 5.41) is 12.8. The first kappa shape index (κ1) is 20.4. The van der Waals surface area contributed by atoms with Crippen molar-refractivity contribution < 1.29 is 9.90 Å². The third-order valence-electron chi connectivity index (χ3n) is 4.04. The maximum absolute atomic E-state index is 11.6. The summed E-state index contributed by atoms with van der Waals surface area (Å²) in [6.07, 6.45) is 2.86. The van der Waals surface area contributed by atoms with Crippen molar-refractivity contribution in [3.05, 3.63) is 0 Å². The highest BCUT2D eigenvalue weighted by molar-refractivity contribution is 5.78. The highest BCUT2D eigenvalue weighted by atomic mass is 16.4. The van der Waals surface area contributed by atoms with E-state index < -0.39 is 11.5 Å².